The lowest BCUT2D eigenvalue weighted by molar-refractivity contribution is 1.48. The molecule has 0 fully saturated rings. The maximum atomic E-state index is 4.79. The Hall–Kier alpha value is -3.49. The van der Waals surface area contributed by atoms with Gasteiger partial charge in [0.2, 0.25) is 0 Å². The van der Waals surface area contributed by atoms with Gasteiger partial charge in [0, 0.05) is 5.56 Å². The summed E-state index contributed by atoms with van der Waals surface area (Å²) in [5.74, 6) is 0. The second kappa shape index (κ2) is 6.54. The molecular weight excluding hydrogens is 370 g/mol. The van der Waals surface area contributed by atoms with Gasteiger partial charge >= 0.3 is 0 Å². The summed E-state index contributed by atoms with van der Waals surface area (Å²) in [7, 11) is 0. The van der Waals surface area contributed by atoms with Crippen LogP contribution in [0.15, 0.2) is 103 Å². The molecule has 0 amide bonds. The molecule has 1 nitrogen and oxygen atoms in total. The Kier molecular flexibility index (Phi) is 3.71. The van der Waals surface area contributed by atoms with Crippen molar-refractivity contribution < 1.29 is 0 Å². The third kappa shape index (κ3) is 2.81. The third-order valence-corrected chi connectivity index (χ3v) is 6.57. The predicted molar refractivity (Wildman–Crippen MR) is 126 cm³/mol. The van der Waals surface area contributed by atoms with Crippen LogP contribution in [0, 0.1) is 0 Å². The molecule has 5 aromatic carbocycles. The molecule has 6 aromatic rings. The second-order valence-electron chi connectivity index (χ2n) is 7.29. The summed E-state index contributed by atoms with van der Waals surface area (Å²) in [6, 6.07) is 36.8. The van der Waals surface area contributed by atoms with Gasteiger partial charge in [-0.25, -0.2) is 4.98 Å². The minimum atomic E-state index is 1.07. The zero-order valence-electron chi connectivity index (χ0n) is 15.7. The molecule has 0 N–H and O–H groups in total. The Morgan fingerprint density at radius 3 is 2.07 bits per heavy atom. The van der Waals surface area contributed by atoms with E-state index in [1.54, 1.807) is 11.3 Å². The first-order valence-corrected chi connectivity index (χ1v) is 10.5. The van der Waals surface area contributed by atoms with Gasteiger partial charge in [-0.05, 0) is 56.9 Å². The standard InChI is InChI=1S/C27H17NS/c1-2-7-21-17-24-22(16-20(21)6-1)8-5-9-23(24)18-12-14-19(15-13-18)27-28-25-10-3-4-11-26(25)29-27/h1-17H. The molecule has 2 heteroatoms. The van der Waals surface area contributed by atoms with Crippen LogP contribution in [0.25, 0.3) is 53.5 Å². The number of benzene rings is 5. The van der Waals surface area contributed by atoms with Gasteiger partial charge in [0.25, 0.3) is 0 Å². The number of aromatic nitrogens is 1. The fourth-order valence-electron chi connectivity index (χ4n) is 4.01. The van der Waals surface area contributed by atoms with E-state index < -0.39 is 0 Å². The zero-order chi connectivity index (χ0) is 19.2. The summed E-state index contributed by atoms with van der Waals surface area (Å²) >= 11 is 1.74. The van der Waals surface area contributed by atoms with E-state index >= 15 is 0 Å². The molecule has 0 aliphatic heterocycles. The molecule has 0 unspecified atom stereocenters. The molecule has 0 atom stereocenters. The molecular formula is C27H17NS. The minimum Gasteiger partial charge on any atom is -0.236 e. The van der Waals surface area contributed by atoms with Crippen LogP contribution in [0.5, 0.6) is 0 Å². The first kappa shape index (κ1) is 16.5. The monoisotopic (exact) mass is 387 g/mol. The molecule has 29 heavy (non-hydrogen) atoms. The van der Waals surface area contributed by atoms with Gasteiger partial charge in [-0.1, -0.05) is 78.9 Å². The van der Waals surface area contributed by atoms with Crippen molar-refractivity contribution in [2.75, 3.05) is 0 Å². The fraction of sp³-hybridized carbons (Fsp3) is 0. The van der Waals surface area contributed by atoms with E-state index in [0.717, 1.165) is 10.5 Å². The van der Waals surface area contributed by atoms with Crippen molar-refractivity contribution in [1.82, 2.24) is 4.98 Å². The van der Waals surface area contributed by atoms with E-state index in [-0.39, 0.29) is 0 Å². The second-order valence-corrected chi connectivity index (χ2v) is 8.32. The van der Waals surface area contributed by atoms with Gasteiger partial charge in [0.1, 0.15) is 5.01 Å². The summed E-state index contributed by atoms with van der Waals surface area (Å²) in [6.45, 7) is 0. The van der Waals surface area contributed by atoms with E-state index in [9.17, 15) is 0 Å². The topological polar surface area (TPSA) is 12.9 Å². The van der Waals surface area contributed by atoms with Crippen molar-refractivity contribution in [1.29, 1.82) is 0 Å². The summed E-state index contributed by atoms with van der Waals surface area (Å²) in [6.07, 6.45) is 0. The Balaban J connectivity index is 1.46. The van der Waals surface area contributed by atoms with E-state index in [1.807, 2.05) is 6.07 Å². The average molecular weight is 388 g/mol. The molecule has 0 bridgehead atoms. The average Bonchev–Trinajstić information content (AvgIpc) is 3.22. The molecule has 0 aliphatic rings. The highest BCUT2D eigenvalue weighted by Crippen LogP contribution is 2.34. The lowest BCUT2D eigenvalue weighted by atomic mass is 9.95. The Morgan fingerprint density at radius 1 is 0.552 bits per heavy atom. The number of hydrogen-bond donors (Lipinski definition) is 0. The predicted octanol–water partition coefficient (Wildman–Crippen LogP) is 7.94. The summed E-state index contributed by atoms with van der Waals surface area (Å²) in [4.78, 5) is 4.79. The highest BCUT2D eigenvalue weighted by atomic mass is 32.1. The van der Waals surface area contributed by atoms with Crippen LogP contribution in [-0.4, -0.2) is 4.98 Å². The van der Waals surface area contributed by atoms with E-state index in [1.165, 1.54) is 42.9 Å². The Labute approximate surface area is 172 Å². The van der Waals surface area contributed by atoms with Crippen molar-refractivity contribution in [2.45, 2.75) is 0 Å². The van der Waals surface area contributed by atoms with Crippen LogP contribution >= 0.6 is 11.3 Å². The molecule has 1 aromatic heterocycles. The van der Waals surface area contributed by atoms with Crippen molar-refractivity contribution in [2.24, 2.45) is 0 Å². The van der Waals surface area contributed by atoms with Gasteiger partial charge in [-0.2, -0.15) is 0 Å². The van der Waals surface area contributed by atoms with Crippen molar-refractivity contribution in [3.05, 3.63) is 103 Å². The Bertz CT molecular complexity index is 1460. The fourth-order valence-corrected chi connectivity index (χ4v) is 4.98. The van der Waals surface area contributed by atoms with Crippen LogP contribution in [0.3, 0.4) is 0 Å². The summed E-state index contributed by atoms with van der Waals surface area (Å²) in [5, 5.41) is 6.19. The molecule has 0 saturated heterocycles. The summed E-state index contributed by atoms with van der Waals surface area (Å²) < 4.78 is 1.23. The maximum Gasteiger partial charge on any atom is 0.124 e. The molecule has 136 valence electrons. The quantitative estimate of drug-likeness (QED) is 0.275. The number of fused-ring (bicyclic) bond motifs is 3. The summed E-state index contributed by atoms with van der Waals surface area (Å²) in [5.41, 5.74) is 4.73. The number of rotatable bonds is 2. The molecule has 0 spiro atoms. The largest absolute Gasteiger partial charge is 0.236 e. The Morgan fingerprint density at radius 2 is 1.24 bits per heavy atom. The molecule has 0 aliphatic carbocycles. The molecule has 0 radical (unpaired) electrons. The first-order chi connectivity index (χ1) is 14.3. The molecule has 0 saturated carbocycles. The third-order valence-electron chi connectivity index (χ3n) is 5.48. The molecule has 1 heterocycles. The SMILES string of the molecule is c1ccc2cc3c(-c4ccc(-c5nc6ccccc6s5)cc4)cccc3cc2c1. The first-order valence-electron chi connectivity index (χ1n) is 9.73. The number of thiazole rings is 1. The number of hydrogen-bond acceptors (Lipinski definition) is 2. The van der Waals surface area contributed by atoms with Crippen LogP contribution in [0.4, 0.5) is 0 Å². The van der Waals surface area contributed by atoms with E-state index in [4.69, 9.17) is 4.98 Å². The highest BCUT2D eigenvalue weighted by molar-refractivity contribution is 7.21. The van der Waals surface area contributed by atoms with Gasteiger partial charge in [0.15, 0.2) is 0 Å². The van der Waals surface area contributed by atoms with Gasteiger partial charge < -0.3 is 0 Å². The van der Waals surface area contributed by atoms with Gasteiger partial charge in [0.05, 0.1) is 10.2 Å². The lowest BCUT2D eigenvalue weighted by Gasteiger charge is -2.09. The number of para-hydroxylation sites is 1. The number of nitrogens with zero attached hydrogens (tertiary/aromatic N) is 1. The van der Waals surface area contributed by atoms with Crippen LogP contribution in [-0.2, 0) is 0 Å². The van der Waals surface area contributed by atoms with Gasteiger partial charge in [-0.15, -0.1) is 11.3 Å². The van der Waals surface area contributed by atoms with Crippen molar-refractivity contribution >= 4 is 43.1 Å². The van der Waals surface area contributed by atoms with E-state index in [0.29, 0.717) is 0 Å². The minimum absolute atomic E-state index is 1.07. The van der Waals surface area contributed by atoms with Crippen LogP contribution < -0.4 is 0 Å². The molecule has 6 rings (SSSR count). The van der Waals surface area contributed by atoms with Crippen molar-refractivity contribution in [3.8, 4) is 21.7 Å². The maximum absolute atomic E-state index is 4.79. The zero-order valence-corrected chi connectivity index (χ0v) is 16.5. The van der Waals surface area contributed by atoms with Gasteiger partial charge in [-0.3, -0.25) is 0 Å². The highest BCUT2D eigenvalue weighted by Gasteiger charge is 2.08. The normalized spacial score (nSPS) is 11.4. The van der Waals surface area contributed by atoms with Crippen LogP contribution in [0.1, 0.15) is 0 Å². The smallest absolute Gasteiger partial charge is 0.124 e. The van der Waals surface area contributed by atoms with E-state index in [2.05, 4.69) is 97.1 Å². The van der Waals surface area contributed by atoms with Crippen molar-refractivity contribution in [3.63, 3.8) is 0 Å². The van der Waals surface area contributed by atoms with Crippen LogP contribution in [0.2, 0.25) is 0 Å². The lowest BCUT2D eigenvalue weighted by Crippen LogP contribution is -1.83.